The van der Waals surface area contributed by atoms with Crippen LogP contribution in [0.15, 0.2) is 24.3 Å². The molecule has 1 heterocycles. The normalized spacial score (nSPS) is 10.2. The van der Waals surface area contributed by atoms with Crippen LogP contribution in [0.25, 0.3) is 10.1 Å². The van der Waals surface area contributed by atoms with E-state index in [2.05, 4.69) is 0 Å². The fraction of sp³-hybridized carbons (Fsp3) is 0. The molecule has 17 heavy (non-hydrogen) atoms. The number of carbonyl (C=O) groups is 2. The molecule has 0 saturated carbocycles. The van der Waals surface area contributed by atoms with Crippen molar-refractivity contribution in [3.8, 4) is 0 Å². The van der Waals surface area contributed by atoms with Crippen LogP contribution in [0.5, 0.6) is 0 Å². The van der Waals surface area contributed by atoms with Gasteiger partial charge >= 0.3 is 0 Å². The molecule has 0 spiro atoms. The molecule has 6 nitrogen and oxygen atoms in total. The van der Waals surface area contributed by atoms with Gasteiger partial charge in [0.25, 0.3) is 11.8 Å². The predicted molar refractivity (Wildman–Crippen MR) is 60.3 cm³/mol. The van der Waals surface area contributed by atoms with E-state index in [0.29, 0.717) is 10.3 Å². The number of amides is 2. The molecule has 88 valence electrons. The number of hydroxylamine groups is 2. The second-order valence-corrected chi connectivity index (χ2v) is 4.33. The molecule has 0 fully saturated rings. The van der Waals surface area contributed by atoms with E-state index in [1.807, 2.05) is 0 Å². The van der Waals surface area contributed by atoms with Crippen LogP contribution in [0.1, 0.15) is 20.0 Å². The average Bonchev–Trinajstić information content (AvgIpc) is 2.79. The summed E-state index contributed by atoms with van der Waals surface area (Å²) in [6, 6.07) is 6.30. The standard InChI is InChI=1S/C10H8N2O4S/c13-9(11-15)5-1-2-7-6(3-5)4-8(17-7)10(14)12-16/h1-4,15-16H,(H,11,13)(H,12,14). The summed E-state index contributed by atoms with van der Waals surface area (Å²) in [4.78, 5) is 22.7. The third-order valence-electron chi connectivity index (χ3n) is 2.21. The van der Waals surface area contributed by atoms with Crippen molar-refractivity contribution < 1.29 is 20.0 Å². The van der Waals surface area contributed by atoms with Gasteiger partial charge in [-0.25, -0.2) is 11.0 Å². The molecule has 0 saturated heterocycles. The molecular weight excluding hydrogens is 244 g/mol. The number of benzene rings is 1. The number of rotatable bonds is 2. The molecule has 0 unspecified atom stereocenters. The summed E-state index contributed by atoms with van der Waals surface area (Å²) in [5.41, 5.74) is 3.36. The van der Waals surface area contributed by atoms with Gasteiger partial charge in [0, 0.05) is 10.3 Å². The van der Waals surface area contributed by atoms with E-state index in [0.717, 1.165) is 4.70 Å². The summed E-state index contributed by atoms with van der Waals surface area (Å²) < 4.78 is 0.804. The Morgan fingerprint density at radius 2 is 1.76 bits per heavy atom. The Kier molecular flexibility index (Phi) is 3.05. The minimum absolute atomic E-state index is 0.286. The monoisotopic (exact) mass is 252 g/mol. The molecule has 0 aliphatic heterocycles. The Morgan fingerprint density at radius 1 is 1.06 bits per heavy atom. The molecule has 1 aromatic heterocycles. The third kappa shape index (κ3) is 2.11. The summed E-state index contributed by atoms with van der Waals surface area (Å²) in [5.74, 6) is -1.22. The zero-order chi connectivity index (χ0) is 12.4. The van der Waals surface area contributed by atoms with Gasteiger partial charge in [-0.15, -0.1) is 11.3 Å². The fourth-order valence-corrected chi connectivity index (χ4v) is 2.35. The van der Waals surface area contributed by atoms with Crippen LogP contribution in [-0.2, 0) is 0 Å². The van der Waals surface area contributed by atoms with Gasteiger partial charge in [0.2, 0.25) is 0 Å². The highest BCUT2D eigenvalue weighted by molar-refractivity contribution is 7.20. The lowest BCUT2D eigenvalue weighted by atomic mass is 10.1. The summed E-state index contributed by atoms with van der Waals surface area (Å²) in [5, 5.41) is 17.7. The van der Waals surface area contributed by atoms with Gasteiger partial charge in [-0.2, -0.15) is 0 Å². The highest BCUT2D eigenvalue weighted by Crippen LogP contribution is 2.26. The lowest BCUT2D eigenvalue weighted by Gasteiger charge is -1.97. The number of thiophene rings is 1. The molecule has 2 rings (SSSR count). The van der Waals surface area contributed by atoms with Crippen LogP contribution in [-0.4, -0.2) is 22.2 Å². The van der Waals surface area contributed by atoms with Crippen molar-refractivity contribution >= 4 is 33.2 Å². The summed E-state index contributed by atoms with van der Waals surface area (Å²) >= 11 is 1.19. The van der Waals surface area contributed by atoms with Crippen molar-refractivity contribution in [3.05, 3.63) is 34.7 Å². The minimum atomic E-state index is -0.619. The largest absolute Gasteiger partial charge is 0.288 e. The van der Waals surface area contributed by atoms with Crippen LogP contribution in [0, 0.1) is 0 Å². The molecule has 7 heteroatoms. The first-order chi connectivity index (χ1) is 8.15. The first-order valence-electron chi connectivity index (χ1n) is 4.58. The zero-order valence-electron chi connectivity index (χ0n) is 8.43. The third-order valence-corrected chi connectivity index (χ3v) is 3.32. The number of hydrogen-bond donors (Lipinski definition) is 4. The van der Waals surface area contributed by atoms with Gasteiger partial charge in [0.05, 0.1) is 4.88 Å². The molecule has 0 aliphatic carbocycles. The highest BCUT2D eigenvalue weighted by atomic mass is 32.1. The maximum atomic E-state index is 11.2. The Balaban J connectivity index is 2.48. The number of nitrogens with one attached hydrogen (secondary N) is 2. The SMILES string of the molecule is O=C(NO)c1ccc2sc(C(=O)NO)cc2c1. The lowest BCUT2D eigenvalue weighted by Crippen LogP contribution is -2.18. The van der Waals surface area contributed by atoms with Crippen molar-refractivity contribution in [2.45, 2.75) is 0 Å². The van der Waals surface area contributed by atoms with Crippen LogP contribution in [0.4, 0.5) is 0 Å². The molecule has 0 aliphatic rings. The Hall–Kier alpha value is -1.96. The number of carbonyl (C=O) groups excluding carboxylic acids is 2. The smallest absolute Gasteiger partial charge is 0.284 e. The lowest BCUT2D eigenvalue weighted by molar-refractivity contribution is 0.0704. The summed E-state index contributed by atoms with van der Waals surface area (Å²) in [7, 11) is 0. The van der Waals surface area contributed by atoms with Crippen LogP contribution in [0.2, 0.25) is 0 Å². The topological polar surface area (TPSA) is 98.7 Å². The van der Waals surface area contributed by atoms with Crippen molar-refractivity contribution in [1.29, 1.82) is 0 Å². The van der Waals surface area contributed by atoms with Crippen LogP contribution in [0.3, 0.4) is 0 Å². The molecule has 0 atom stereocenters. The maximum absolute atomic E-state index is 11.2. The molecule has 2 amide bonds. The second-order valence-electron chi connectivity index (χ2n) is 3.25. The first-order valence-corrected chi connectivity index (χ1v) is 5.40. The molecular formula is C10H8N2O4S. The number of hydrogen-bond acceptors (Lipinski definition) is 5. The van der Waals surface area contributed by atoms with Crippen molar-refractivity contribution in [1.82, 2.24) is 11.0 Å². The van der Waals surface area contributed by atoms with E-state index in [9.17, 15) is 9.59 Å². The molecule has 0 bridgehead atoms. The molecule has 0 radical (unpaired) electrons. The van der Waals surface area contributed by atoms with Gasteiger partial charge in [-0.05, 0) is 29.7 Å². The Labute approximate surface area is 99.4 Å². The van der Waals surface area contributed by atoms with E-state index in [4.69, 9.17) is 10.4 Å². The van der Waals surface area contributed by atoms with E-state index in [-0.39, 0.29) is 5.56 Å². The van der Waals surface area contributed by atoms with Crippen LogP contribution < -0.4 is 11.0 Å². The summed E-state index contributed by atoms with van der Waals surface area (Å²) in [6.07, 6.45) is 0. The quantitative estimate of drug-likeness (QED) is 0.475. The second kappa shape index (κ2) is 4.50. The van der Waals surface area contributed by atoms with E-state index >= 15 is 0 Å². The van der Waals surface area contributed by atoms with Crippen molar-refractivity contribution in [3.63, 3.8) is 0 Å². The zero-order valence-corrected chi connectivity index (χ0v) is 9.25. The van der Waals surface area contributed by atoms with Crippen molar-refractivity contribution in [2.24, 2.45) is 0 Å². The molecule has 1 aromatic carbocycles. The van der Waals surface area contributed by atoms with Gasteiger partial charge in [0.15, 0.2) is 0 Å². The van der Waals surface area contributed by atoms with Gasteiger partial charge in [-0.1, -0.05) is 0 Å². The summed E-state index contributed by atoms with van der Waals surface area (Å²) in [6.45, 7) is 0. The van der Waals surface area contributed by atoms with Gasteiger partial charge in [0.1, 0.15) is 0 Å². The predicted octanol–water partition coefficient (Wildman–Crippen LogP) is 1.14. The van der Waals surface area contributed by atoms with Gasteiger partial charge in [-0.3, -0.25) is 20.0 Å². The van der Waals surface area contributed by atoms with E-state index in [1.165, 1.54) is 22.9 Å². The average molecular weight is 252 g/mol. The molecule has 2 aromatic rings. The first kappa shape index (κ1) is 11.5. The van der Waals surface area contributed by atoms with Crippen molar-refractivity contribution in [2.75, 3.05) is 0 Å². The highest BCUT2D eigenvalue weighted by Gasteiger charge is 2.11. The fourth-order valence-electron chi connectivity index (χ4n) is 1.42. The minimum Gasteiger partial charge on any atom is -0.288 e. The van der Waals surface area contributed by atoms with Gasteiger partial charge < -0.3 is 0 Å². The number of fused-ring (bicyclic) bond motifs is 1. The van der Waals surface area contributed by atoms with E-state index in [1.54, 1.807) is 23.7 Å². The van der Waals surface area contributed by atoms with Crippen LogP contribution >= 0.6 is 11.3 Å². The van der Waals surface area contributed by atoms with E-state index < -0.39 is 11.8 Å². The maximum Gasteiger partial charge on any atom is 0.284 e. The Bertz CT molecular complexity index is 579. The molecule has 4 N–H and O–H groups in total. The Morgan fingerprint density at radius 3 is 2.41 bits per heavy atom.